The zero-order valence-corrected chi connectivity index (χ0v) is 10.9. The third kappa shape index (κ3) is 2.80. The molecule has 1 fully saturated rings. The monoisotopic (exact) mass is 236 g/mol. The number of aliphatic hydroxyl groups excluding tert-OH is 1. The van der Waals surface area contributed by atoms with E-state index in [0.717, 1.165) is 6.42 Å². The third-order valence-electron chi connectivity index (χ3n) is 3.33. The van der Waals surface area contributed by atoms with Crippen LogP contribution in [0.4, 0.5) is 0 Å². The van der Waals surface area contributed by atoms with Crippen molar-refractivity contribution in [1.82, 2.24) is 0 Å². The molecule has 0 radical (unpaired) electrons. The van der Waals surface area contributed by atoms with Crippen LogP contribution in [0.1, 0.15) is 29.5 Å². The topological polar surface area (TPSA) is 20.2 Å². The fourth-order valence-electron chi connectivity index (χ4n) is 2.28. The number of aryl methyl sites for hydroxylation is 2. The highest BCUT2D eigenvalue weighted by molar-refractivity contribution is 8.00. The maximum absolute atomic E-state index is 10.2. The molecule has 1 aromatic rings. The minimum atomic E-state index is -0.173. The summed E-state index contributed by atoms with van der Waals surface area (Å²) < 4.78 is 0. The average Bonchev–Trinajstić information content (AvgIpc) is 2.76. The molecule has 1 heterocycles. The number of benzene rings is 1. The van der Waals surface area contributed by atoms with E-state index in [1.54, 1.807) is 0 Å². The SMILES string of the molecule is Cc1ccc(C)c(CC(O)C2CCCS2)c1. The molecule has 2 atom stereocenters. The summed E-state index contributed by atoms with van der Waals surface area (Å²) in [6.45, 7) is 4.24. The van der Waals surface area contributed by atoms with Crippen molar-refractivity contribution >= 4 is 11.8 Å². The van der Waals surface area contributed by atoms with Crippen LogP contribution in [0.2, 0.25) is 0 Å². The summed E-state index contributed by atoms with van der Waals surface area (Å²) in [6, 6.07) is 6.49. The molecule has 88 valence electrons. The largest absolute Gasteiger partial charge is 0.392 e. The molecular formula is C14H20OS. The van der Waals surface area contributed by atoms with E-state index >= 15 is 0 Å². The highest BCUT2D eigenvalue weighted by Gasteiger charge is 2.24. The lowest BCUT2D eigenvalue weighted by molar-refractivity contribution is 0.170. The molecular weight excluding hydrogens is 216 g/mol. The van der Waals surface area contributed by atoms with Crippen molar-refractivity contribution in [3.05, 3.63) is 34.9 Å². The van der Waals surface area contributed by atoms with E-state index in [1.807, 2.05) is 11.8 Å². The van der Waals surface area contributed by atoms with E-state index in [9.17, 15) is 5.11 Å². The Kier molecular flexibility index (Phi) is 3.93. The van der Waals surface area contributed by atoms with E-state index in [1.165, 1.54) is 35.3 Å². The molecule has 1 aliphatic heterocycles. The number of aliphatic hydroxyl groups is 1. The van der Waals surface area contributed by atoms with Crippen molar-refractivity contribution in [2.45, 2.75) is 44.5 Å². The van der Waals surface area contributed by atoms with Gasteiger partial charge >= 0.3 is 0 Å². The van der Waals surface area contributed by atoms with Crippen LogP contribution in [0.25, 0.3) is 0 Å². The lowest BCUT2D eigenvalue weighted by Crippen LogP contribution is -2.23. The van der Waals surface area contributed by atoms with Crippen molar-refractivity contribution in [2.75, 3.05) is 5.75 Å². The lowest BCUT2D eigenvalue weighted by Gasteiger charge is -2.18. The van der Waals surface area contributed by atoms with Crippen molar-refractivity contribution in [3.63, 3.8) is 0 Å². The molecule has 2 heteroatoms. The van der Waals surface area contributed by atoms with Gasteiger partial charge in [0.25, 0.3) is 0 Å². The van der Waals surface area contributed by atoms with Gasteiger partial charge < -0.3 is 5.11 Å². The summed E-state index contributed by atoms with van der Waals surface area (Å²) in [7, 11) is 0. The molecule has 1 aromatic carbocycles. The third-order valence-corrected chi connectivity index (χ3v) is 4.83. The van der Waals surface area contributed by atoms with Gasteiger partial charge in [-0.15, -0.1) is 0 Å². The van der Waals surface area contributed by atoms with Crippen LogP contribution < -0.4 is 0 Å². The van der Waals surface area contributed by atoms with E-state index in [4.69, 9.17) is 0 Å². The Morgan fingerprint density at radius 2 is 2.25 bits per heavy atom. The minimum Gasteiger partial charge on any atom is -0.392 e. The Morgan fingerprint density at radius 1 is 1.44 bits per heavy atom. The van der Waals surface area contributed by atoms with Gasteiger partial charge in [-0.2, -0.15) is 11.8 Å². The molecule has 0 bridgehead atoms. The fraction of sp³-hybridized carbons (Fsp3) is 0.571. The Hall–Kier alpha value is -0.470. The van der Waals surface area contributed by atoms with Crippen LogP contribution in [0.3, 0.4) is 0 Å². The standard InChI is InChI=1S/C14H20OS/c1-10-5-6-11(2)12(8-10)9-13(15)14-4-3-7-16-14/h5-6,8,13-15H,3-4,7,9H2,1-2H3. The molecule has 0 saturated carbocycles. The molecule has 2 rings (SSSR count). The molecule has 16 heavy (non-hydrogen) atoms. The van der Waals surface area contributed by atoms with E-state index in [-0.39, 0.29) is 6.10 Å². The van der Waals surface area contributed by atoms with Crippen molar-refractivity contribution in [3.8, 4) is 0 Å². The van der Waals surface area contributed by atoms with Crippen LogP contribution in [0, 0.1) is 13.8 Å². The normalized spacial score (nSPS) is 22.3. The lowest BCUT2D eigenvalue weighted by atomic mass is 9.98. The van der Waals surface area contributed by atoms with E-state index in [2.05, 4.69) is 32.0 Å². The molecule has 1 nitrogen and oxygen atoms in total. The van der Waals surface area contributed by atoms with Crippen molar-refractivity contribution in [2.24, 2.45) is 0 Å². The first-order chi connectivity index (χ1) is 7.66. The van der Waals surface area contributed by atoms with Gasteiger partial charge in [-0.25, -0.2) is 0 Å². The quantitative estimate of drug-likeness (QED) is 0.870. The van der Waals surface area contributed by atoms with Gasteiger partial charge in [-0.1, -0.05) is 23.8 Å². The second kappa shape index (κ2) is 5.24. The first-order valence-electron chi connectivity index (χ1n) is 6.02. The molecule has 0 spiro atoms. The molecule has 0 aliphatic carbocycles. The summed E-state index contributed by atoms with van der Waals surface area (Å²) in [4.78, 5) is 0. The summed E-state index contributed by atoms with van der Waals surface area (Å²) in [5.41, 5.74) is 3.89. The second-order valence-corrected chi connectivity index (χ2v) is 6.10. The van der Waals surface area contributed by atoms with Crippen LogP contribution in [-0.2, 0) is 6.42 Å². The van der Waals surface area contributed by atoms with Crippen molar-refractivity contribution < 1.29 is 5.11 Å². The van der Waals surface area contributed by atoms with Crippen LogP contribution >= 0.6 is 11.8 Å². The maximum atomic E-state index is 10.2. The zero-order valence-electron chi connectivity index (χ0n) is 10.1. The van der Waals surface area contributed by atoms with Gasteiger partial charge in [0.05, 0.1) is 6.10 Å². The van der Waals surface area contributed by atoms with Crippen LogP contribution in [-0.4, -0.2) is 22.2 Å². The second-order valence-electron chi connectivity index (χ2n) is 4.75. The smallest absolute Gasteiger partial charge is 0.0699 e. The first kappa shape index (κ1) is 12.0. The predicted molar refractivity (Wildman–Crippen MR) is 71.1 cm³/mol. The highest BCUT2D eigenvalue weighted by atomic mass is 32.2. The number of rotatable bonds is 3. The Morgan fingerprint density at radius 3 is 2.94 bits per heavy atom. The van der Waals surface area contributed by atoms with E-state index in [0.29, 0.717) is 5.25 Å². The zero-order chi connectivity index (χ0) is 11.5. The van der Waals surface area contributed by atoms with Gasteiger partial charge in [0.1, 0.15) is 0 Å². The molecule has 1 aliphatic rings. The average molecular weight is 236 g/mol. The molecule has 1 saturated heterocycles. The summed E-state index contributed by atoms with van der Waals surface area (Å²) >= 11 is 1.93. The Labute approximate surface area is 102 Å². The van der Waals surface area contributed by atoms with Gasteiger partial charge in [0.15, 0.2) is 0 Å². The van der Waals surface area contributed by atoms with Crippen LogP contribution in [0.15, 0.2) is 18.2 Å². The molecule has 0 amide bonds. The fourth-order valence-corrected chi connectivity index (χ4v) is 3.57. The van der Waals surface area contributed by atoms with Gasteiger partial charge in [-0.3, -0.25) is 0 Å². The number of hydrogen-bond acceptors (Lipinski definition) is 2. The summed E-state index contributed by atoms with van der Waals surface area (Å²) in [6.07, 6.45) is 3.08. The van der Waals surface area contributed by atoms with Crippen molar-refractivity contribution in [1.29, 1.82) is 0 Å². The van der Waals surface area contributed by atoms with Crippen LogP contribution in [0.5, 0.6) is 0 Å². The predicted octanol–water partition coefficient (Wildman–Crippen LogP) is 3.10. The molecule has 2 unspecified atom stereocenters. The van der Waals surface area contributed by atoms with Gasteiger partial charge in [0, 0.05) is 5.25 Å². The Balaban J connectivity index is 2.04. The summed E-state index contributed by atoms with van der Waals surface area (Å²) in [5.74, 6) is 1.22. The maximum Gasteiger partial charge on any atom is 0.0699 e. The minimum absolute atomic E-state index is 0.173. The van der Waals surface area contributed by atoms with E-state index < -0.39 is 0 Å². The van der Waals surface area contributed by atoms with Gasteiger partial charge in [-0.05, 0) is 50.0 Å². The highest BCUT2D eigenvalue weighted by Crippen LogP contribution is 2.30. The first-order valence-corrected chi connectivity index (χ1v) is 7.07. The van der Waals surface area contributed by atoms with Gasteiger partial charge in [0.2, 0.25) is 0 Å². The Bertz CT molecular complexity index is 356. The number of thioether (sulfide) groups is 1. The molecule has 1 N–H and O–H groups in total. The molecule has 0 aromatic heterocycles. The summed E-state index contributed by atoms with van der Waals surface area (Å²) in [5, 5.41) is 10.7. The number of hydrogen-bond donors (Lipinski definition) is 1.